The summed E-state index contributed by atoms with van der Waals surface area (Å²) >= 11 is 0. The lowest BCUT2D eigenvalue weighted by Gasteiger charge is -2.16. The van der Waals surface area contributed by atoms with Crippen molar-refractivity contribution in [1.29, 1.82) is 0 Å². The summed E-state index contributed by atoms with van der Waals surface area (Å²) in [7, 11) is 0. The molecule has 9 nitrogen and oxygen atoms in total. The van der Waals surface area contributed by atoms with Crippen molar-refractivity contribution in [3.63, 3.8) is 0 Å². The van der Waals surface area contributed by atoms with Gasteiger partial charge >= 0.3 is 0 Å². The molecule has 0 aliphatic rings. The Morgan fingerprint density at radius 2 is 2.08 bits per heavy atom. The molecule has 3 aromatic rings. The van der Waals surface area contributed by atoms with Crippen molar-refractivity contribution >= 4 is 22.9 Å². The van der Waals surface area contributed by atoms with E-state index >= 15 is 0 Å². The van der Waals surface area contributed by atoms with E-state index in [2.05, 4.69) is 20.5 Å². The van der Waals surface area contributed by atoms with Gasteiger partial charge in [-0.2, -0.15) is 14.9 Å². The fraction of sp³-hybridized carbons (Fsp3) is 0.267. The van der Waals surface area contributed by atoms with Gasteiger partial charge in [-0.25, -0.2) is 10.4 Å². The average Bonchev–Trinajstić information content (AvgIpc) is 2.98. The summed E-state index contributed by atoms with van der Waals surface area (Å²) in [6, 6.07) is 2.95. The molecule has 0 unspecified atom stereocenters. The lowest BCUT2D eigenvalue weighted by Crippen LogP contribution is -2.33. The highest BCUT2D eigenvalue weighted by Gasteiger charge is 2.20. The summed E-state index contributed by atoms with van der Waals surface area (Å²) in [5.74, 6) is -0.473. The fourth-order valence-corrected chi connectivity index (χ4v) is 2.51. The van der Waals surface area contributed by atoms with Crippen LogP contribution in [0.1, 0.15) is 35.9 Å². The highest BCUT2D eigenvalue weighted by molar-refractivity contribution is 6.02. The summed E-state index contributed by atoms with van der Waals surface area (Å²) in [6.45, 7) is 5.43. The maximum Gasteiger partial charge on any atom is 0.276 e. The van der Waals surface area contributed by atoms with Gasteiger partial charge in [-0.1, -0.05) is 0 Å². The van der Waals surface area contributed by atoms with Crippen LogP contribution in [0.4, 0.5) is 5.95 Å². The van der Waals surface area contributed by atoms with Gasteiger partial charge in [0.05, 0.1) is 11.9 Å². The van der Waals surface area contributed by atoms with E-state index in [0.29, 0.717) is 16.7 Å². The second-order valence-electron chi connectivity index (χ2n) is 5.62. The summed E-state index contributed by atoms with van der Waals surface area (Å²) in [5, 5.41) is 4.50. The molecule has 0 radical (unpaired) electrons. The quantitative estimate of drug-likeness (QED) is 0.735. The molecule has 0 saturated heterocycles. The molecular formula is C15H17N7O2. The number of carbonyl (C=O) groups is 1. The minimum atomic E-state index is -0.559. The molecule has 3 heterocycles. The van der Waals surface area contributed by atoms with Crippen LogP contribution in [0.2, 0.25) is 0 Å². The Morgan fingerprint density at radius 1 is 1.33 bits per heavy atom. The van der Waals surface area contributed by atoms with E-state index in [-0.39, 0.29) is 17.6 Å². The molecule has 24 heavy (non-hydrogen) atoms. The number of pyridine rings is 1. The molecule has 0 saturated carbocycles. The molecule has 0 spiro atoms. The Kier molecular flexibility index (Phi) is 3.76. The van der Waals surface area contributed by atoms with Gasteiger partial charge in [-0.05, 0) is 32.9 Å². The molecule has 0 aromatic carbocycles. The second kappa shape index (κ2) is 5.76. The van der Waals surface area contributed by atoms with Gasteiger partial charge < -0.3 is 5.73 Å². The number of hydrogen-bond acceptors (Lipinski definition) is 6. The zero-order valence-corrected chi connectivity index (χ0v) is 13.5. The number of aromatic nitrogens is 5. The van der Waals surface area contributed by atoms with Crippen LogP contribution in [-0.2, 0) is 0 Å². The van der Waals surface area contributed by atoms with Crippen LogP contribution in [0.5, 0.6) is 0 Å². The first-order valence-electron chi connectivity index (χ1n) is 7.39. The summed E-state index contributed by atoms with van der Waals surface area (Å²) < 4.78 is 1.44. The van der Waals surface area contributed by atoms with Crippen LogP contribution in [0.3, 0.4) is 0 Å². The number of nitrogen functional groups attached to an aromatic ring is 1. The van der Waals surface area contributed by atoms with Crippen LogP contribution in [0.15, 0.2) is 29.3 Å². The van der Waals surface area contributed by atoms with Crippen molar-refractivity contribution in [3.05, 3.63) is 46.1 Å². The number of amides is 1. The van der Waals surface area contributed by atoms with Crippen LogP contribution < -0.4 is 16.7 Å². The third-order valence-corrected chi connectivity index (χ3v) is 3.58. The molecule has 3 aromatic heterocycles. The minimum Gasteiger partial charge on any atom is -0.368 e. The molecule has 0 fully saturated rings. The molecule has 0 atom stereocenters. The van der Waals surface area contributed by atoms with Crippen LogP contribution in [0.25, 0.3) is 11.0 Å². The van der Waals surface area contributed by atoms with E-state index in [1.54, 1.807) is 19.2 Å². The number of carbonyl (C=O) groups excluding carboxylic acids is 1. The Balaban J connectivity index is 2.24. The largest absolute Gasteiger partial charge is 0.368 e. The Bertz CT molecular complexity index is 974. The van der Waals surface area contributed by atoms with Crippen LogP contribution in [-0.4, -0.2) is 30.3 Å². The highest BCUT2D eigenvalue weighted by Crippen LogP contribution is 2.19. The van der Waals surface area contributed by atoms with E-state index in [1.807, 2.05) is 13.8 Å². The van der Waals surface area contributed by atoms with Crippen molar-refractivity contribution in [3.8, 4) is 0 Å². The fourth-order valence-electron chi connectivity index (χ4n) is 2.51. The smallest absolute Gasteiger partial charge is 0.276 e. The number of anilines is 1. The van der Waals surface area contributed by atoms with Crippen LogP contribution in [0, 0.1) is 6.92 Å². The molecular weight excluding hydrogens is 310 g/mol. The number of nitrogens with one attached hydrogen (secondary N) is 1. The minimum absolute atomic E-state index is 0.0110. The zero-order valence-electron chi connectivity index (χ0n) is 13.5. The number of aryl methyl sites for hydroxylation is 1. The first-order valence-corrected chi connectivity index (χ1v) is 7.39. The third-order valence-electron chi connectivity index (χ3n) is 3.58. The van der Waals surface area contributed by atoms with E-state index in [4.69, 9.17) is 5.73 Å². The van der Waals surface area contributed by atoms with Crippen LogP contribution >= 0.6 is 0 Å². The second-order valence-corrected chi connectivity index (χ2v) is 5.62. The van der Waals surface area contributed by atoms with Gasteiger partial charge in [0.15, 0.2) is 0 Å². The normalized spacial score (nSPS) is 11.2. The first kappa shape index (κ1) is 15.7. The number of nitrogens with zero attached hydrogens (tertiary/aromatic N) is 5. The van der Waals surface area contributed by atoms with Crippen molar-refractivity contribution in [2.75, 3.05) is 11.2 Å². The van der Waals surface area contributed by atoms with Gasteiger partial charge in [0.1, 0.15) is 11.2 Å². The van der Waals surface area contributed by atoms with Gasteiger partial charge in [-0.3, -0.25) is 14.2 Å². The number of nitrogens with two attached hydrogens (primary N) is 1. The Morgan fingerprint density at radius 3 is 2.71 bits per heavy atom. The van der Waals surface area contributed by atoms with E-state index in [1.165, 1.54) is 21.6 Å². The molecule has 0 aliphatic carbocycles. The SMILES string of the molecule is Cc1nc(N)nc2c1cc(C(=O)Nn1cccn1)c(=O)n2C(C)C. The lowest BCUT2D eigenvalue weighted by atomic mass is 10.1. The van der Waals surface area contributed by atoms with E-state index in [9.17, 15) is 9.59 Å². The Hall–Kier alpha value is -3.23. The maximum absolute atomic E-state index is 12.8. The summed E-state index contributed by atoms with van der Waals surface area (Å²) in [6.07, 6.45) is 3.09. The number of rotatable bonds is 3. The first-order chi connectivity index (χ1) is 11.4. The topological polar surface area (TPSA) is 121 Å². The van der Waals surface area contributed by atoms with E-state index < -0.39 is 11.5 Å². The molecule has 3 rings (SSSR count). The molecule has 9 heteroatoms. The van der Waals surface area contributed by atoms with Gasteiger partial charge in [-0.15, -0.1) is 0 Å². The number of fused-ring (bicyclic) bond motifs is 1. The maximum atomic E-state index is 12.8. The van der Waals surface area contributed by atoms with Crippen molar-refractivity contribution in [1.82, 2.24) is 24.4 Å². The number of hydrogen-bond donors (Lipinski definition) is 2. The predicted octanol–water partition coefficient (Wildman–Crippen LogP) is 0.843. The average molecular weight is 327 g/mol. The molecule has 0 bridgehead atoms. The predicted molar refractivity (Wildman–Crippen MR) is 89.3 cm³/mol. The van der Waals surface area contributed by atoms with E-state index in [0.717, 1.165) is 0 Å². The highest BCUT2D eigenvalue weighted by atomic mass is 16.2. The molecule has 1 amide bonds. The third kappa shape index (κ3) is 2.60. The van der Waals surface area contributed by atoms with Gasteiger partial charge in [0, 0.05) is 17.6 Å². The standard InChI is InChI=1S/C15H17N7O2/c1-8(2)22-12-10(9(3)18-15(16)19-12)7-11(14(22)24)13(23)20-21-6-4-5-17-21/h4-8H,1-3H3,(H,20,23)(H2,16,18,19). The van der Waals surface area contributed by atoms with Crippen molar-refractivity contribution in [2.24, 2.45) is 0 Å². The van der Waals surface area contributed by atoms with Gasteiger partial charge in [0.2, 0.25) is 5.95 Å². The summed E-state index contributed by atoms with van der Waals surface area (Å²) in [4.78, 5) is 34.8. The summed E-state index contributed by atoms with van der Waals surface area (Å²) in [5.41, 5.74) is 8.79. The van der Waals surface area contributed by atoms with Gasteiger partial charge in [0.25, 0.3) is 11.5 Å². The molecule has 124 valence electrons. The Labute approximate surface area is 137 Å². The zero-order chi connectivity index (χ0) is 17.4. The van der Waals surface area contributed by atoms with Crippen molar-refractivity contribution < 1.29 is 4.79 Å². The molecule has 0 aliphatic heterocycles. The monoisotopic (exact) mass is 327 g/mol. The molecule has 3 N–H and O–H groups in total. The lowest BCUT2D eigenvalue weighted by molar-refractivity contribution is 0.100. The van der Waals surface area contributed by atoms with Crippen molar-refractivity contribution in [2.45, 2.75) is 26.8 Å².